The second kappa shape index (κ2) is 10.2. The van der Waals surface area contributed by atoms with Crippen LogP contribution >= 0.6 is 0 Å². The Kier molecular flexibility index (Phi) is 7.64. The average molecular weight is 378 g/mol. The quantitative estimate of drug-likeness (QED) is 0.318. The molecule has 4 nitrogen and oxygen atoms in total. The van der Waals surface area contributed by atoms with Gasteiger partial charge in [-0.2, -0.15) is 0 Å². The summed E-state index contributed by atoms with van der Waals surface area (Å²) in [5.41, 5.74) is 3.48. The Balaban J connectivity index is 2.32. The van der Waals surface area contributed by atoms with Crippen molar-refractivity contribution in [2.24, 2.45) is 0 Å². The van der Waals surface area contributed by atoms with E-state index in [0.29, 0.717) is 30.3 Å². The summed E-state index contributed by atoms with van der Waals surface area (Å²) in [5, 5.41) is 0. The Morgan fingerprint density at radius 2 is 1.75 bits per heavy atom. The number of benzene rings is 2. The second-order valence-corrected chi connectivity index (χ2v) is 6.18. The molecule has 0 radical (unpaired) electrons. The lowest BCUT2D eigenvalue weighted by Gasteiger charge is -2.12. The zero-order valence-corrected chi connectivity index (χ0v) is 16.7. The van der Waals surface area contributed by atoms with Gasteiger partial charge in [-0.25, -0.2) is 0 Å². The molecular weight excluding hydrogens is 352 g/mol. The van der Waals surface area contributed by atoms with Crippen molar-refractivity contribution >= 4 is 11.9 Å². The van der Waals surface area contributed by atoms with Crippen molar-refractivity contribution in [2.75, 3.05) is 20.3 Å². The van der Waals surface area contributed by atoms with E-state index in [1.165, 1.54) is 6.08 Å². The van der Waals surface area contributed by atoms with Crippen LogP contribution in [-0.4, -0.2) is 26.1 Å². The van der Waals surface area contributed by atoms with Gasteiger partial charge in [-0.05, 0) is 49.3 Å². The molecular formula is C24H26O4. The van der Waals surface area contributed by atoms with Crippen molar-refractivity contribution in [1.82, 2.24) is 0 Å². The summed E-state index contributed by atoms with van der Waals surface area (Å²) in [6.07, 6.45) is 6.56. The van der Waals surface area contributed by atoms with Crippen molar-refractivity contribution in [3.8, 4) is 17.2 Å². The van der Waals surface area contributed by atoms with Gasteiger partial charge < -0.3 is 14.2 Å². The lowest BCUT2D eigenvalue weighted by molar-refractivity contribution is 0.104. The molecule has 0 amide bonds. The molecule has 0 aliphatic carbocycles. The zero-order chi connectivity index (χ0) is 20.5. The number of rotatable bonds is 10. The highest BCUT2D eigenvalue weighted by Gasteiger charge is 2.13. The molecule has 4 heteroatoms. The van der Waals surface area contributed by atoms with Crippen LogP contribution in [0.3, 0.4) is 0 Å². The minimum Gasteiger partial charge on any atom is -0.496 e. The molecule has 0 aromatic heterocycles. The van der Waals surface area contributed by atoms with Gasteiger partial charge in [-0.1, -0.05) is 37.4 Å². The normalized spacial score (nSPS) is 10.5. The summed E-state index contributed by atoms with van der Waals surface area (Å²) in [7, 11) is 1.63. The summed E-state index contributed by atoms with van der Waals surface area (Å²) in [4.78, 5) is 12.8. The SMILES string of the molecule is C=CCOc1ccc(C(=O)/C=C/c2ccc(C)c(C)c2OC)c(OCC=C)c1. The molecule has 0 spiro atoms. The maximum absolute atomic E-state index is 12.8. The first-order valence-electron chi connectivity index (χ1n) is 8.99. The predicted molar refractivity (Wildman–Crippen MR) is 114 cm³/mol. The Bertz CT molecular complexity index is 894. The molecule has 2 aromatic rings. The van der Waals surface area contributed by atoms with Gasteiger partial charge in [0, 0.05) is 11.6 Å². The van der Waals surface area contributed by atoms with Gasteiger partial charge in [-0.3, -0.25) is 4.79 Å². The van der Waals surface area contributed by atoms with E-state index >= 15 is 0 Å². The van der Waals surface area contributed by atoms with E-state index in [2.05, 4.69) is 13.2 Å². The average Bonchev–Trinajstić information content (AvgIpc) is 2.71. The molecule has 0 atom stereocenters. The lowest BCUT2D eigenvalue weighted by Crippen LogP contribution is -2.03. The first kappa shape index (κ1) is 21.0. The minimum absolute atomic E-state index is 0.172. The fourth-order valence-corrected chi connectivity index (χ4v) is 2.69. The van der Waals surface area contributed by atoms with Crippen LogP contribution in [0.4, 0.5) is 0 Å². The first-order valence-corrected chi connectivity index (χ1v) is 8.99. The Labute approximate surface area is 166 Å². The third-order valence-electron chi connectivity index (χ3n) is 4.27. The molecule has 0 saturated carbocycles. The molecule has 0 fully saturated rings. The fourth-order valence-electron chi connectivity index (χ4n) is 2.69. The first-order chi connectivity index (χ1) is 13.5. The number of ketones is 1. The summed E-state index contributed by atoms with van der Waals surface area (Å²) in [6.45, 7) is 12.0. The molecule has 0 aliphatic rings. The highest BCUT2D eigenvalue weighted by Crippen LogP contribution is 2.29. The maximum atomic E-state index is 12.8. The van der Waals surface area contributed by atoms with Gasteiger partial charge in [0.2, 0.25) is 0 Å². The Hall–Kier alpha value is -3.27. The van der Waals surface area contributed by atoms with Gasteiger partial charge in [0.25, 0.3) is 0 Å². The number of hydrogen-bond donors (Lipinski definition) is 0. The summed E-state index contributed by atoms with van der Waals surface area (Å²) in [6, 6.07) is 9.08. The molecule has 0 N–H and O–H groups in total. The highest BCUT2D eigenvalue weighted by molar-refractivity contribution is 6.08. The Morgan fingerprint density at radius 1 is 1.04 bits per heavy atom. The van der Waals surface area contributed by atoms with Crippen LogP contribution in [0.15, 0.2) is 61.7 Å². The number of methoxy groups -OCH3 is 1. The molecule has 28 heavy (non-hydrogen) atoms. The van der Waals surface area contributed by atoms with E-state index in [1.54, 1.807) is 43.5 Å². The van der Waals surface area contributed by atoms with E-state index < -0.39 is 0 Å². The van der Waals surface area contributed by atoms with E-state index in [9.17, 15) is 4.79 Å². The minimum atomic E-state index is -0.172. The lowest BCUT2D eigenvalue weighted by atomic mass is 10.0. The molecule has 2 rings (SSSR count). The van der Waals surface area contributed by atoms with Gasteiger partial charge in [0.1, 0.15) is 30.5 Å². The smallest absolute Gasteiger partial charge is 0.189 e. The van der Waals surface area contributed by atoms with Gasteiger partial charge in [-0.15, -0.1) is 0 Å². The summed E-state index contributed by atoms with van der Waals surface area (Å²) < 4.78 is 16.7. The highest BCUT2D eigenvalue weighted by atomic mass is 16.5. The largest absolute Gasteiger partial charge is 0.496 e. The number of ether oxygens (including phenoxy) is 3. The third-order valence-corrected chi connectivity index (χ3v) is 4.27. The van der Waals surface area contributed by atoms with Crippen LogP contribution in [-0.2, 0) is 0 Å². The van der Waals surface area contributed by atoms with Gasteiger partial charge in [0.05, 0.1) is 12.7 Å². The van der Waals surface area contributed by atoms with E-state index in [4.69, 9.17) is 14.2 Å². The standard InChI is InChI=1S/C24H26O4/c1-6-14-27-20-11-12-21(23(16-20)28-15-7-2)22(25)13-10-19-9-8-17(3)18(4)24(19)26-5/h6-13,16H,1-2,14-15H2,3-5H3/b13-10+. The topological polar surface area (TPSA) is 44.8 Å². The van der Waals surface area contributed by atoms with Crippen LogP contribution in [0.2, 0.25) is 0 Å². The van der Waals surface area contributed by atoms with Gasteiger partial charge >= 0.3 is 0 Å². The van der Waals surface area contributed by atoms with Crippen molar-refractivity contribution in [3.63, 3.8) is 0 Å². The van der Waals surface area contributed by atoms with Crippen molar-refractivity contribution in [3.05, 3.63) is 84.0 Å². The van der Waals surface area contributed by atoms with Crippen LogP contribution < -0.4 is 14.2 Å². The molecule has 2 aromatic carbocycles. The predicted octanol–water partition coefficient (Wildman–Crippen LogP) is 5.34. The van der Waals surface area contributed by atoms with Crippen molar-refractivity contribution in [2.45, 2.75) is 13.8 Å². The van der Waals surface area contributed by atoms with E-state index in [-0.39, 0.29) is 5.78 Å². The zero-order valence-electron chi connectivity index (χ0n) is 16.7. The number of aryl methyl sites for hydroxylation is 1. The van der Waals surface area contributed by atoms with E-state index in [0.717, 1.165) is 22.4 Å². The van der Waals surface area contributed by atoms with E-state index in [1.807, 2.05) is 26.0 Å². The van der Waals surface area contributed by atoms with Crippen LogP contribution in [0.25, 0.3) is 6.08 Å². The van der Waals surface area contributed by atoms with Crippen LogP contribution in [0.1, 0.15) is 27.0 Å². The number of carbonyl (C=O) groups excluding carboxylic acids is 1. The second-order valence-electron chi connectivity index (χ2n) is 6.18. The summed E-state index contributed by atoms with van der Waals surface area (Å²) >= 11 is 0. The van der Waals surface area contributed by atoms with Crippen LogP contribution in [0.5, 0.6) is 17.2 Å². The molecule has 0 aliphatic heterocycles. The number of carbonyl (C=O) groups is 1. The molecule has 0 unspecified atom stereocenters. The maximum Gasteiger partial charge on any atom is 0.189 e. The fraction of sp³-hybridized carbons (Fsp3) is 0.208. The number of hydrogen-bond acceptors (Lipinski definition) is 4. The molecule has 0 saturated heterocycles. The molecule has 0 heterocycles. The molecule has 0 bridgehead atoms. The monoisotopic (exact) mass is 378 g/mol. The Morgan fingerprint density at radius 3 is 2.43 bits per heavy atom. The van der Waals surface area contributed by atoms with Crippen molar-refractivity contribution < 1.29 is 19.0 Å². The van der Waals surface area contributed by atoms with Crippen molar-refractivity contribution in [1.29, 1.82) is 0 Å². The third kappa shape index (κ3) is 5.13. The van der Waals surface area contributed by atoms with Crippen LogP contribution in [0, 0.1) is 13.8 Å². The summed E-state index contributed by atoms with van der Waals surface area (Å²) in [5.74, 6) is 1.65. The van der Waals surface area contributed by atoms with Gasteiger partial charge in [0.15, 0.2) is 5.78 Å². The number of allylic oxidation sites excluding steroid dienone is 1. The molecule has 146 valence electrons.